The monoisotopic (exact) mass is 384 g/mol. The molecule has 0 bridgehead atoms. The Morgan fingerprint density at radius 1 is 0.950 bits per heavy atom. The summed E-state index contributed by atoms with van der Waals surface area (Å²) in [6, 6.07) is 11.1. The molecule has 0 aromatic heterocycles. The van der Waals surface area contributed by atoms with E-state index in [0.29, 0.717) is 11.1 Å². The van der Waals surface area contributed by atoms with Crippen molar-refractivity contribution in [1.29, 1.82) is 0 Å². The van der Waals surface area contributed by atoms with Gasteiger partial charge < -0.3 is 10.2 Å². The molecule has 20 heavy (non-hydrogen) atoms. The zero-order valence-electron chi connectivity index (χ0n) is 10.0. The predicted octanol–water partition coefficient (Wildman–Crippen LogP) is 3.24. The van der Waals surface area contributed by atoms with E-state index in [2.05, 4.69) is 0 Å². The lowest BCUT2D eigenvalue weighted by molar-refractivity contribution is 0.0695. The number of carboxylic acid groups (broad SMARTS) is 2. The van der Waals surface area contributed by atoms with E-state index in [1.54, 1.807) is 30.3 Å². The highest BCUT2D eigenvalue weighted by molar-refractivity contribution is 14.1. The van der Waals surface area contributed by atoms with Crippen molar-refractivity contribution in [3.8, 4) is 11.1 Å². The lowest BCUT2D eigenvalue weighted by atomic mass is 10.00. The molecule has 0 fully saturated rings. The lowest BCUT2D eigenvalue weighted by Crippen LogP contribution is -2.06. The average Bonchev–Trinajstić information content (AvgIpc) is 2.46. The van der Waals surface area contributed by atoms with Crippen molar-refractivity contribution in [2.24, 2.45) is 0 Å². The molecule has 0 atom stereocenters. The van der Waals surface area contributed by atoms with Crippen molar-refractivity contribution in [2.75, 3.05) is 0 Å². The first-order valence-electron chi connectivity index (χ1n) is 5.51. The molecule has 2 rings (SSSR count). The first-order chi connectivity index (χ1) is 9.54. The zero-order chi connectivity index (χ0) is 14.7. The Balaban J connectivity index is 2.80. The molecule has 102 valence electrons. The van der Waals surface area contributed by atoms with Crippen molar-refractivity contribution in [3.05, 3.63) is 57.2 Å². The van der Waals surface area contributed by atoms with Crippen LogP contribution in [0.1, 0.15) is 20.7 Å². The molecule has 5 nitrogen and oxygen atoms in total. The number of rotatable bonds is 4. The number of aromatic carboxylic acids is 2. The van der Waals surface area contributed by atoms with E-state index in [9.17, 15) is 12.7 Å². The maximum atomic E-state index is 11.4. The Bertz CT molecular complexity index is 694. The first-order valence-corrected chi connectivity index (χ1v) is 7.47. The fraction of sp³-hybridized carbons (Fsp3) is 0. The van der Waals surface area contributed by atoms with Gasteiger partial charge in [0.05, 0.1) is 14.7 Å². The molecular formula is C14H9IO5. The van der Waals surface area contributed by atoms with Crippen LogP contribution < -0.4 is 0 Å². The minimum atomic E-state index is -1.75. The van der Waals surface area contributed by atoms with E-state index in [0.717, 1.165) is 6.07 Å². The highest BCUT2D eigenvalue weighted by atomic mass is 127. The second-order valence-corrected chi connectivity index (χ2v) is 5.46. The van der Waals surface area contributed by atoms with Gasteiger partial charge in [0.1, 0.15) is 0 Å². The third kappa shape index (κ3) is 2.74. The van der Waals surface area contributed by atoms with Crippen LogP contribution in [0.5, 0.6) is 0 Å². The van der Waals surface area contributed by atoms with Crippen molar-refractivity contribution < 1.29 is 22.9 Å². The average molecular weight is 384 g/mol. The Morgan fingerprint density at radius 2 is 1.60 bits per heavy atom. The maximum absolute atomic E-state index is 11.4. The standard InChI is InChI=1S/C14H9IO5/c16-13(17)9-6-10(8-4-2-1-3-5-8)12(15-20)11(7-9)14(18)19/h1-7H,(H,16,17)(H,18,19). The highest BCUT2D eigenvalue weighted by Gasteiger charge is 2.19. The summed E-state index contributed by atoms with van der Waals surface area (Å²) in [4.78, 5) is 22.3. The predicted molar refractivity (Wildman–Crippen MR) is 79.2 cm³/mol. The molecule has 0 aliphatic carbocycles. The van der Waals surface area contributed by atoms with Crippen LogP contribution in [0.3, 0.4) is 0 Å². The number of hydrogen-bond acceptors (Lipinski definition) is 3. The molecule has 0 spiro atoms. The van der Waals surface area contributed by atoms with Crippen LogP contribution in [0.25, 0.3) is 11.1 Å². The van der Waals surface area contributed by atoms with Gasteiger partial charge in [-0.3, -0.25) is 3.07 Å². The van der Waals surface area contributed by atoms with Crippen LogP contribution >= 0.6 is 21.2 Å². The van der Waals surface area contributed by atoms with Crippen LogP contribution in [0.15, 0.2) is 42.5 Å². The molecule has 0 aliphatic rings. The van der Waals surface area contributed by atoms with Crippen molar-refractivity contribution in [3.63, 3.8) is 0 Å². The van der Waals surface area contributed by atoms with E-state index in [4.69, 9.17) is 10.2 Å². The van der Waals surface area contributed by atoms with Gasteiger partial charge in [0.2, 0.25) is 0 Å². The van der Waals surface area contributed by atoms with Crippen LogP contribution in [-0.4, -0.2) is 22.2 Å². The molecule has 0 radical (unpaired) electrons. The summed E-state index contributed by atoms with van der Waals surface area (Å²) in [7, 11) is 0. The topological polar surface area (TPSA) is 91.7 Å². The van der Waals surface area contributed by atoms with E-state index in [1.807, 2.05) is 0 Å². The number of halogens is 1. The molecule has 6 heteroatoms. The summed E-state index contributed by atoms with van der Waals surface area (Å²) in [6.45, 7) is 0. The molecular weight excluding hydrogens is 375 g/mol. The molecule has 2 N–H and O–H groups in total. The number of carbonyl (C=O) groups is 2. The molecule has 2 aromatic carbocycles. The largest absolute Gasteiger partial charge is 0.478 e. The second-order valence-electron chi connectivity index (χ2n) is 3.94. The summed E-state index contributed by atoms with van der Waals surface area (Å²) in [5.41, 5.74) is 0.684. The van der Waals surface area contributed by atoms with Gasteiger partial charge >= 0.3 is 11.9 Å². The minimum absolute atomic E-state index is 0.137. The van der Waals surface area contributed by atoms with E-state index >= 15 is 0 Å². The SMILES string of the molecule is O=Ic1c(C(=O)O)cc(C(=O)O)cc1-c1ccccc1. The first kappa shape index (κ1) is 14.3. The maximum Gasteiger partial charge on any atom is 0.336 e. The summed E-state index contributed by atoms with van der Waals surface area (Å²) in [5, 5.41) is 18.2. The Hall–Kier alpha value is -2.09. The molecule has 0 saturated heterocycles. The van der Waals surface area contributed by atoms with Gasteiger partial charge in [-0.15, -0.1) is 0 Å². The fourth-order valence-electron chi connectivity index (χ4n) is 1.81. The zero-order valence-corrected chi connectivity index (χ0v) is 12.2. The van der Waals surface area contributed by atoms with Gasteiger partial charge in [-0.2, -0.15) is 0 Å². The molecule has 0 saturated carbocycles. The molecule has 0 amide bonds. The van der Waals surface area contributed by atoms with Gasteiger partial charge in [-0.05, 0) is 23.3 Å². The van der Waals surface area contributed by atoms with Crippen LogP contribution in [0, 0.1) is 3.57 Å². The Morgan fingerprint density at radius 3 is 2.10 bits per heavy atom. The van der Waals surface area contributed by atoms with Gasteiger partial charge in [0.15, 0.2) is 21.2 Å². The van der Waals surface area contributed by atoms with E-state index < -0.39 is 33.1 Å². The van der Waals surface area contributed by atoms with E-state index in [1.165, 1.54) is 6.07 Å². The summed E-state index contributed by atoms with van der Waals surface area (Å²) in [5.74, 6) is -2.50. The summed E-state index contributed by atoms with van der Waals surface area (Å²) in [6.07, 6.45) is 0. The van der Waals surface area contributed by atoms with Crippen molar-refractivity contribution in [2.45, 2.75) is 0 Å². The second kappa shape index (κ2) is 5.91. The molecule has 2 aromatic rings. The van der Waals surface area contributed by atoms with Gasteiger partial charge in [0.25, 0.3) is 0 Å². The molecule has 0 aliphatic heterocycles. The number of hydrogen-bond donors (Lipinski definition) is 2. The minimum Gasteiger partial charge on any atom is -0.478 e. The van der Waals surface area contributed by atoms with Gasteiger partial charge in [0, 0.05) is 0 Å². The van der Waals surface area contributed by atoms with Crippen molar-refractivity contribution >= 4 is 33.1 Å². The lowest BCUT2D eigenvalue weighted by Gasteiger charge is -2.09. The number of benzene rings is 2. The molecule has 0 heterocycles. The Kier molecular flexibility index (Phi) is 4.23. The van der Waals surface area contributed by atoms with Gasteiger partial charge in [-0.25, -0.2) is 9.59 Å². The van der Waals surface area contributed by atoms with Crippen LogP contribution in [-0.2, 0) is 3.07 Å². The van der Waals surface area contributed by atoms with Crippen LogP contribution in [0.2, 0.25) is 0 Å². The normalized spacial score (nSPS) is 10.2. The third-order valence-electron chi connectivity index (χ3n) is 2.71. The Labute approximate surface area is 124 Å². The van der Waals surface area contributed by atoms with Crippen molar-refractivity contribution in [1.82, 2.24) is 0 Å². The third-order valence-corrected chi connectivity index (χ3v) is 4.31. The quantitative estimate of drug-likeness (QED) is 0.790. The molecule has 0 unspecified atom stereocenters. The van der Waals surface area contributed by atoms with E-state index in [-0.39, 0.29) is 14.7 Å². The smallest absolute Gasteiger partial charge is 0.336 e. The van der Waals surface area contributed by atoms with Gasteiger partial charge in [-0.1, -0.05) is 30.3 Å². The summed E-state index contributed by atoms with van der Waals surface area (Å²) >= 11 is -1.75. The van der Waals surface area contributed by atoms with Crippen LogP contribution in [0.4, 0.5) is 0 Å². The highest BCUT2D eigenvalue weighted by Crippen LogP contribution is 2.31. The summed E-state index contributed by atoms with van der Waals surface area (Å²) < 4.78 is 11.6. The number of carboxylic acids is 2. The fourth-order valence-corrected chi connectivity index (χ4v) is 3.14.